The molecule has 0 saturated carbocycles. The van der Waals surface area contributed by atoms with Crippen LogP contribution in [0, 0.1) is 0 Å². The second kappa shape index (κ2) is 11.6. The summed E-state index contributed by atoms with van der Waals surface area (Å²) in [6.07, 6.45) is 0. The van der Waals surface area contributed by atoms with Gasteiger partial charge in [0.2, 0.25) is 0 Å². The predicted octanol–water partition coefficient (Wildman–Crippen LogP) is 14.1. The molecule has 0 bridgehead atoms. The van der Waals surface area contributed by atoms with Crippen LogP contribution in [-0.4, -0.2) is 0 Å². The fourth-order valence-electron chi connectivity index (χ4n) is 7.91. The van der Waals surface area contributed by atoms with Gasteiger partial charge in [0.1, 0.15) is 0 Å². The van der Waals surface area contributed by atoms with Gasteiger partial charge >= 0.3 is 0 Å². The molecule has 232 valence electrons. The van der Waals surface area contributed by atoms with E-state index in [4.69, 9.17) is 0 Å². The highest BCUT2D eigenvalue weighted by atomic mass is 14.2. The van der Waals surface area contributed by atoms with Crippen molar-refractivity contribution < 1.29 is 0 Å². The van der Waals surface area contributed by atoms with Crippen molar-refractivity contribution in [1.82, 2.24) is 0 Å². The number of benzene rings is 10. The highest BCUT2D eigenvalue weighted by Gasteiger charge is 2.17. The van der Waals surface area contributed by atoms with Crippen LogP contribution in [-0.2, 0) is 0 Å². The summed E-state index contributed by atoms with van der Waals surface area (Å²) in [6, 6.07) is 71.4. The van der Waals surface area contributed by atoms with E-state index >= 15 is 0 Å². The lowest BCUT2D eigenvalue weighted by Gasteiger charge is -2.18. The van der Waals surface area contributed by atoms with Crippen LogP contribution in [0.1, 0.15) is 0 Å². The zero-order valence-electron chi connectivity index (χ0n) is 27.5. The van der Waals surface area contributed by atoms with E-state index < -0.39 is 0 Å². The van der Waals surface area contributed by atoms with Crippen molar-refractivity contribution in [2.75, 3.05) is 0 Å². The third-order valence-electron chi connectivity index (χ3n) is 10.4. The van der Waals surface area contributed by atoms with Gasteiger partial charge in [0.15, 0.2) is 0 Å². The minimum absolute atomic E-state index is 1.24. The fraction of sp³-hybridized carbons (Fsp3) is 0. The van der Waals surface area contributed by atoms with E-state index in [-0.39, 0.29) is 0 Å². The molecule has 10 aromatic rings. The molecule has 0 aliphatic rings. The molecule has 50 heavy (non-hydrogen) atoms. The average Bonchev–Trinajstić information content (AvgIpc) is 3.19. The lowest BCUT2D eigenvalue weighted by Crippen LogP contribution is -1.91. The molecule has 0 aromatic heterocycles. The van der Waals surface area contributed by atoms with Crippen LogP contribution in [0.25, 0.3) is 98.4 Å². The van der Waals surface area contributed by atoms with Crippen LogP contribution in [0.4, 0.5) is 0 Å². The Morgan fingerprint density at radius 1 is 0.180 bits per heavy atom. The third kappa shape index (κ3) is 4.77. The van der Waals surface area contributed by atoms with Crippen molar-refractivity contribution in [3.63, 3.8) is 0 Å². The topological polar surface area (TPSA) is 0 Å². The van der Waals surface area contributed by atoms with E-state index in [1.807, 2.05) is 0 Å². The van der Waals surface area contributed by atoms with Crippen molar-refractivity contribution in [3.8, 4) is 44.5 Å². The van der Waals surface area contributed by atoms with Crippen molar-refractivity contribution >= 4 is 53.9 Å². The van der Waals surface area contributed by atoms with Crippen LogP contribution >= 0.6 is 0 Å². The maximum absolute atomic E-state index is 2.37. The van der Waals surface area contributed by atoms with E-state index in [0.29, 0.717) is 0 Å². The Kier molecular flexibility index (Phi) is 6.60. The van der Waals surface area contributed by atoms with Gasteiger partial charge in [0.05, 0.1) is 0 Å². The molecule has 0 heteroatoms. The average molecular weight is 633 g/mol. The molecule has 0 heterocycles. The fourth-order valence-corrected chi connectivity index (χ4v) is 7.91. The van der Waals surface area contributed by atoms with Gasteiger partial charge in [0.25, 0.3) is 0 Å². The van der Waals surface area contributed by atoms with Gasteiger partial charge in [-0.2, -0.15) is 0 Å². The first-order valence-corrected chi connectivity index (χ1v) is 17.3. The molecule has 0 spiro atoms. The molecule has 0 saturated heterocycles. The normalized spacial score (nSPS) is 11.6. The number of rotatable bonds is 4. The first-order chi connectivity index (χ1) is 24.8. The van der Waals surface area contributed by atoms with Gasteiger partial charge in [-0.25, -0.2) is 0 Å². The van der Waals surface area contributed by atoms with Gasteiger partial charge in [-0.15, -0.1) is 0 Å². The Balaban J connectivity index is 1.11. The summed E-state index contributed by atoms with van der Waals surface area (Å²) in [5, 5.41) is 12.6. The van der Waals surface area contributed by atoms with E-state index in [1.165, 1.54) is 98.4 Å². The molecule has 0 N–H and O–H groups in total. The summed E-state index contributed by atoms with van der Waals surface area (Å²) < 4.78 is 0. The number of fused-ring (bicyclic) bond motifs is 5. The zero-order valence-corrected chi connectivity index (χ0v) is 27.5. The van der Waals surface area contributed by atoms with Crippen molar-refractivity contribution in [1.29, 1.82) is 0 Å². The van der Waals surface area contributed by atoms with Crippen LogP contribution in [0.2, 0.25) is 0 Å². The third-order valence-corrected chi connectivity index (χ3v) is 10.4. The molecule has 0 aliphatic carbocycles. The lowest BCUT2D eigenvalue weighted by molar-refractivity contribution is 1.64. The SMILES string of the molecule is c1ccc(-c2ccc3cc(-c4c5ccccc5c(-c5ccc6cc(-c7ccc8ccccc8c7)ccc6c5)c5ccccc45)ccc3c2)cc1. The highest BCUT2D eigenvalue weighted by molar-refractivity contribution is 6.22. The molecule has 0 radical (unpaired) electrons. The summed E-state index contributed by atoms with van der Waals surface area (Å²) in [5.41, 5.74) is 10.0. The van der Waals surface area contributed by atoms with Gasteiger partial charge < -0.3 is 0 Å². The molecule has 0 fully saturated rings. The highest BCUT2D eigenvalue weighted by Crippen LogP contribution is 2.45. The molecular weight excluding hydrogens is 601 g/mol. The molecule has 10 aromatic carbocycles. The van der Waals surface area contributed by atoms with Crippen LogP contribution < -0.4 is 0 Å². The van der Waals surface area contributed by atoms with Crippen molar-refractivity contribution in [3.05, 3.63) is 194 Å². The number of hydrogen-bond acceptors (Lipinski definition) is 0. The second-order valence-electron chi connectivity index (χ2n) is 13.3. The Morgan fingerprint density at radius 2 is 0.480 bits per heavy atom. The molecule has 0 atom stereocenters. The molecule has 0 amide bonds. The Hall–Kier alpha value is -6.50. The largest absolute Gasteiger partial charge is 0.0622 e. The van der Waals surface area contributed by atoms with Crippen LogP contribution in [0.5, 0.6) is 0 Å². The summed E-state index contributed by atoms with van der Waals surface area (Å²) >= 11 is 0. The van der Waals surface area contributed by atoms with Gasteiger partial charge in [-0.3, -0.25) is 0 Å². The summed E-state index contributed by atoms with van der Waals surface area (Å²) in [5.74, 6) is 0. The van der Waals surface area contributed by atoms with Crippen molar-refractivity contribution in [2.24, 2.45) is 0 Å². The van der Waals surface area contributed by atoms with Crippen LogP contribution in [0.15, 0.2) is 194 Å². The first kappa shape index (κ1) is 28.5. The maximum atomic E-state index is 2.37. The van der Waals surface area contributed by atoms with E-state index in [9.17, 15) is 0 Å². The maximum Gasteiger partial charge on any atom is -0.00262 e. The minimum atomic E-state index is 1.24. The standard InChI is InChI=1S/C50H32/c1-2-10-33(11-3-1)36-20-21-41-31-43(26-24-39(41)29-36)49-45-14-6-8-16-47(45)50(48-17-9-7-15-46(48)49)44-27-25-40-30-38(22-23-42(40)32-44)37-19-18-34-12-4-5-13-35(34)28-37/h1-32H. The number of hydrogen-bond donors (Lipinski definition) is 0. The zero-order chi connectivity index (χ0) is 33.0. The molecule has 10 rings (SSSR count). The Bertz CT molecular complexity index is 2860. The minimum Gasteiger partial charge on any atom is -0.0622 e. The molecule has 0 aliphatic heterocycles. The molecule has 0 unspecified atom stereocenters. The Labute approximate surface area is 291 Å². The second-order valence-corrected chi connectivity index (χ2v) is 13.3. The van der Waals surface area contributed by atoms with Gasteiger partial charge in [-0.05, 0) is 129 Å². The van der Waals surface area contributed by atoms with E-state index in [2.05, 4.69) is 194 Å². The summed E-state index contributed by atoms with van der Waals surface area (Å²) in [4.78, 5) is 0. The monoisotopic (exact) mass is 632 g/mol. The molecular formula is C50H32. The van der Waals surface area contributed by atoms with E-state index in [1.54, 1.807) is 0 Å². The lowest BCUT2D eigenvalue weighted by atomic mass is 9.85. The molecule has 0 nitrogen and oxygen atoms in total. The quantitative estimate of drug-likeness (QED) is 0.169. The van der Waals surface area contributed by atoms with Crippen molar-refractivity contribution in [2.45, 2.75) is 0 Å². The first-order valence-electron chi connectivity index (χ1n) is 17.3. The summed E-state index contributed by atoms with van der Waals surface area (Å²) in [7, 11) is 0. The predicted molar refractivity (Wildman–Crippen MR) is 216 cm³/mol. The summed E-state index contributed by atoms with van der Waals surface area (Å²) in [6.45, 7) is 0. The van der Waals surface area contributed by atoms with E-state index in [0.717, 1.165) is 0 Å². The van der Waals surface area contributed by atoms with Gasteiger partial charge in [-0.1, -0.05) is 164 Å². The smallest absolute Gasteiger partial charge is 0.00262 e. The van der Waals surface area contributed by atoms with Gasteiger partial charge in [0, 0.05) is 0 Å². The van der Waals surface area contributed by atoms with Crippen LogP contribution in [0.3, 0.4) is 0 Å². The Morgan fingerprint density at radius 3 is 0.940 bits per heavy atom.